The van der Waals surface area contributed by atoms with Gasteiger partial charge in [0.15, 0.2) is 0 Å². The van der Waals surface area contributed by atoms with Crippen molar-refractivity contribution in [1.82, 2.24) is 0 Å². The number of rotatable bonds is 1. The number of para-hydroxylation sites is 1. The molecule has 0 radical (unpaired) electrons. The lowest BCUT2D eigenvalue weighted by molar-refractivity contribution is 0.834. The molecule has 2 nitrogen and oxygen atoms in total. The zero-order valence-corrected chi connectivity index (χ0v) is 8.80. The standard InChI is InChI=1S/C14H12N2/c1-2-6-11(7-3-1)14-15-10-12-8-4-5-9-13(12)16-14/h1-10,14,16H. The summed E-state index contributed by atoms with van der Waals surface area (Å²) in [5, 5.41) is 3.42. The van der Waals surface area contributed by atoms with Gasteiger partial charge in [0.2, 0.25) is 0 Å². The van der Waals surface area contributed by atoms with E-state index in [1.165, 1.54) is 5.56 Å². The highest BCUT2D eigenvalue weighted by molar-refractivity contribution is 5.89. The second kappa shape index (κ2) is 3.81. The van der Waals surface area contributed by atoms with Gasteiger partial charge < -0.3 is 5.32 Å². The van der Waals surface area contributed by atoms with Crippen LogP contribution in [0.4, 0.5) is 5.69 Å². The van der Waals surface area contributed by atoms with Gasteiger partial charge in [-0.3, -0.25) is 4.99 Å². The Hall–Kier alpha value is -2.09. The highest BCUT2D eigenvalue weighted by Gasteiger charge is 2.13. The molecule has 3 rings (SSSR count). The zero-order valence-electron chi connectivity index (χ0n) is 8.80. The molecule has 1 aliphatic heterocycles. The van der Waals surface area contributed by atoms with Gasteiger partial charge >= 0.3 is 0 Å². The van der Waals surface area contributed by atoms with Gasteiger partial charge in [-0.25, -0.2) is 0 Å². The molecule has 0 aliphatic carbocycles. The van der Waals surface area contributed by atoms with Crippen LogP contribution in [0.5, 0.6) is 0 Å². The Labute approximate surface area is 94.7 Å². The van der Waals surface area contributed by atoms with Gasteiger partial charge in [-0.2, -0.15) is 0 Å². The van der Waals surface area contributed by atoms with Gasteiger partial charge in [0.25, 0.3) is 0 Å². The SMILES string of the molecule is C1=NC(c2ccccc2)Nc2ccccc21. The third-order valence-corrected chi connectivity index (χ3v) is 2.73. The summed E-state index contributed by atoms with van der Waals surface area (Å²) in [6.45, 7) is 0. The van der Waals surface area contributed by atoms with Crippen LogP contribution < -0.4 is 5.32 Å². The first-order chi connectivity index (χ1) is 7.93. The lowest BCUT2D eigenvalue weighted by Gasteiger charge is -2.21. The van der Waals surface area contributed by atoms with Crippen LogP contribution in [0, 0.1) is 0 Å². The number of fused-ring (bicyclic) bond motifs is 1. The Balaban J connectivity index is 1.95. The second-order valence-electron chi connectivity index (χ2n) is 3.82. The van der Waals surface area contributed by atoms with E-state index in [1.807, 2.05) is 36.5 Å². The van der Waals surface area contributed by atoms with Crippen LogP contribution >= 0.6 is 0 Å². The molecular weight excluding hydrogens is 196 g/mol. The maximum Gasteiger partial charge on any atom is 0.144 e. The first-order valence-corrected chi connectivity index (χ1v) is 5.37. The van der Waals surface area contributed by atoms with Gasteiger partial charge in [0.1, 0.15) is 6.17 Å². The normalized spacial score (nSPS) is 17.6. The van der Waals surface area contributed by atoms with Crippen LogP contribution in [0.2, 0.25) is 0 Å². The molecule has 1 heterocycles. The number of benzene rings is 2. The van der Waals surface area contributed by atoms with E-state index in [-0.39, 0.29) is 6.17 Å². The Morgan fingerprint density at radius 2 is 1.62 bits per heavy atom. The summed E-state index contributed by atoms with van der Waals surface area (Å²) in [4.78, 5) is 4.50. The molecule has 0 amide bonds. The summed E-state index contributed by atoms with van der Waals surface area (Å²) >= 11 is 0. The van der Waals surface area contributed by atoms with Crippen LogP contribution in [0.1, 0.15) is 17.3 Å². The Kier molecular flexibility index (Phi) is 2.18. The minimum atomic E-state index is 0.0381. The molecule has 0 aromatic heterocycles. The molecule has 2 aromatic rings. The fraction of sp³-hybridized carbons (Fsp3) is 0.0714. The van der Waals surface area contributed by atoms with Crippen LogP contribution in [0.25, 0.3) is 0 Å². The van der Waals surface area contributed by atoms with E-state index in [1.54, 1.807) is 0 Å². The highest BCUT2D eigenvalue weighted by Crippen LogP contribution is 2.26. The molecule has 2 aromatic carbocycles. The number of nitrogens with one attached hydrogen (secondary N) is 1. The largest absolute Gasteiger partial charge is 0.360 e. The van der Waals surface area contributed by atoms with Crippen molar-refractivity contribution in [1.29, 1.82) is 0 Å². The van der Waals surface area contributed by atoms with Gasteiger partial charge in [0, 0.05) is 17.5 Å². The average Bonchev–Trinajstić information content (AvgIpc) is 2.39. The molecule has 78 valence electrons. The minimum Gasteiger partial charge on any atom is -0.360 e. The van der Waals surface area contributed by atoms with Crippen molar-refractivity contribution in [2.24, 2.45) is 4.99 Å². The fourth-order valence-electron chi connectivity index (χ4n) is 1.89. The Bertz CT molecular complexity index is 517. The summed E-state index contributed by atoms with van der Waals surface area (Å²) in [6, 6.07) is 18.5. The van der Waals surface area contributed by atoms with Crippen LogP contribution in [-0.2, 0) is 0 Å². The molecule has 0 saturated carbocycles. The van der Waals surface area contributed by atoms with Gasteiger partial charge in [-0.1, -0.05) is 48.5 Å². The maximum absolute atomic E-state index is 4.50. The quantitative estimate of drug-likeness (QED) is 0.764. The van der Waals surface area contributed by atoms with E-state index in [9.17, 15) is 0 Å². The molecule has 1 unspecified atom stereocenters. The summed E-state index contributed by atoms with van der Waals surface area (Å²) in [5.41, 5.74) is 3.48. The van der Waals surface area contributed by atoms with Crippen molar-refractivity contribution >= 4 is 11.9 Å². The third kappa shape index (κ3) is 1.58. The second-order valence-corrected chi connectivity index (χ2v) is 3.82. The molecule has 0 spiro atoms. The van der Waals surface area contributed by atoms with E-state index in [2.05, 4.69) is 34.6 Å². The molecule has 1 aliphatic rings. The predicted octanol–water partition coefficient (Wildman–Crippen LogP) is 3.23. The van der Waals surface area contributed by atoms with Crippen LogP contribution in [-0.4, -0.2) is 6.21 Å². The summed E-state index contributed by atoms with van der Waals surface area (Å²) in [6.07, 6.45) is 1.97. The predicted molar refractivity (Wildman–Crippen MR) is 66.8 cm³/mol. The average molecular weight is 208 g/mol. The molecule has 0 saturated heterocycles. The molecule has 16 heavy (non-hydrogen) atoms. The molecule has 1 atom stereocenters. The van der Waals surface area contributed by atoms with Crippen LogP contribution in [0.3, 0.4) is 0 Å². The highest BCUT2D eigenvalue weighted by atomic mass is 15.1. The van der Waals surface area contributed by atoms with Gasteiger partial charge in [0.05, 0.1) is 0 Å². The van der Waals surface area contributed by atoms with Crippen molar-refractivity contribution < 1.29 is 0 Å². The van der Waals surface area contributed by atoms with Crippen molar-refractivity contribution in [2.45, 2.75) is 6.17 Å². The van der Waals surface area contributed by atoms with E-state index >= 15 is 0 Å². The third-order valence-electron chi connectivity index (χ3n) is 2.73. The lowest BCUT2D eigenvalue weighted by atomic mass is 10.1. The minimum absolute atomic E-state index is 0.0381. The van der Waals surface area contributed by atoms with E-state index in [4.69, 9.17) is 0 Å². The first-order valence-electron chi connectivity index (χ1n) is 5.37. The Morgan fingerprint density at radius 1 is 0.875 bits per heavy atom. The number of hydrogen-bond acceptors (Lipinski definition) is 2. The van der Waals surface area contributed by atoms with E-state index in [0.717, 1.165) is 11.3 Å². The monoisotopic (exact) mass is 208 g/mol. The van der Waals surface area contributed by atoms with Crippen molar-refractivity contribution in [2.75, 3.05) is 5.32 Å². The summed E-state index contributed by atoms with van der Waals surface area (Å²) < 4.78 is 0. The molecular formula is C14H12N2. The maximum atomic E-state index is 4.50. The number of anilines is 1. The molecule has 0 bridgehead atoms. The molecule has 0 fully saturated rings. The van der Waals surface area contributed by atoms with E-state index < -0.39 is 0 Å². The zero-order chi connectivity index (χ0) is 10.8. The van der Waals surface area contributed by atoms with Crippen molar-refractivity contribution in [3.8, 4) is 0 Å². The first kappa shape index (κ1) is 9.16. The van der Waals surface area contributed by atoms with Gasteiger partial charge in [-0.05, 0) is 11.6 Å². The van der Waals surface area contributed by atoms with Crippen molar-refractivity contribution in [3.05, 3.63) is 65.7 Å². The summed E-state index contributed by atoms with van der Waals surface area (Å²) in [7, 11) is 0. The number of nitrogens with zero attached hydrogens (tertiary/aromatic N) is 1. The summed E-state index contributed by atoms with van der Waals surface area (Å²) in [5.74, 6) is 0. The molecule has 1 N–H and O–H groups in total. The number of aliphatic imine (C=N–C) groups is 1. The fourth-order valence-corrected chi connectivity index (χ4v) is 1.89. The molecule has 2 heteroatoms. The number of hydrogen-bond donors (Lipinski definition) is 1. The van der Waals surface area contributed by atoms with E-state index in [0.29, 0.717) is 0 Å². The van der Waals surface area contributed by atoms with Gasteiger partial charge in [-0.15, -0.1) is 0 Å². The van der Waals surface area contributed by atoms with Crippen LogP contribution in [0.15, 0.2) is 59.6 Å². The smallest absolute Gasteiger partial charge is 0.144 e. The Morgan fingerprint density at radius 3 is 2.50 bits per heavy atom. The van der Waals surface area contributed by atoms with Crippen molar-refractivity contribution in [3.63, 3.8) is 0 Å². The topological polar surface area (TPSA) is 24.4 Å². The lowest BCUT2D eigenvalue weighted by Crippen LogP contribution is -2.14.